The van der Waals surface area contributed by atoms with Gasteiger partial charge in [0.2, 0.25) is 0 Å². The van der Waals surface area contributed by atoms with Crippen LogP contribution in [-0.4, -0.2) is 50.5 Å². The fourth-order valence-electron chi connectivity index (χ4n) is 2.57. The third-order valence-corrected chi connectivity index (χ3v) is 4.33. The first-order valence-corrected chi connectivity index (χ1v) is 8.38. The van der Waals surface area contributed by atoms with Crippen LogP contribution in [0.3, 0.4) is 0 Å². The van der Waals surface area contributed by atoms with Gasteiger partial charge in [-0.25, -0.2) is 0 Å². The van der Waals surface area contributed by atoms with Gasteiger partial charge in [0.1, 0.15) is 0 Å². The number of benzene rings is 1. The Morgan fingerprint density at radius 3 is 2.74 bits per heavy atom. The highest BCUT2D eigenvalue weighted by Crippen LogP contribution is 2.35. The third kappa shape index (κ3) is 5.68. The summed E-state index contributed by atoms with van der Waals surface area (Å²) in [7, 11) is 1.43. The second-order valence-electron chi connectivity index (χ2n) is 5.60. The Bertz CT molecular complexity index is 540. The smallest absolute Gasteiger partial charge is 0.422 e. The van der Waals surface area contributed by atoms with Crippen molar-refractivity contribution in [3.63, 3.8) is 0 Å². The van der Waals surface area contributed by atoms with Gasteiger partial charge in [-0.3, -0.25) is 4.90 Å². The van der Waals surface area contributed by atoms with E-state index in [1.807, 2.05) is 28.7 Å². The summed E-state index contributed by atoms with van der Waals surface area (Å²) in [5, 5.41) is 3.38. The number of ether oxygens (including phenoxy) is 2. The van der Waals surface area contributed by atoms with Crippen molar-refractivity contribution < 1.29 is 22.6 Å². The van der Waals surface area contributed by atoms with E-state index >= 15 is 0 Å². The zero-order valence-electron chi connectivity index (χ0n) is 13.0. The molecule has 8 heteroatoms. The fraction of sp³-hybridized carbons (Fsp3) is 0.600. The zero-order chi connectivity index (χ0) is 17.0. The molecule has 0 spiro atoms. The first-order chi connectivity index (χ1) is 10.8. The van der Waals surface area contributed by atoms with E-state index < -0.39 is 12.8 Å². The summed E-state index contributed by atoms with van der Waals surface area (Å²) in [6.45, 7) is 4.35. The molecule has 1 aliphatic rings. The lowest BCUT2D eigenvalue weighted by Gasteiger charge is -2.32. The molecule has 0 aromatic heterocycles. The van der Waals surface area contributed by atoms with Crippen LogP contribution in [0.1, 0.15) is 12.5 Å². The van der Waals surface area contributed by atoms with E-state index in [9.17, 15) is 13.2 Å². The van der Waals surface area contributed by atoms with E-state index in [0.29, 0.717) is 15.4 Å². The number of nitrogens with one attached hydrogen (secondary N) is 1. The summed E-state index contributed by atoms with van der Waals surface area (Å²) < 4.78 is 47.8. The van der Waals surface area contributed by atoms with E-state index in [1.165, 1.54) is 7.11 Å². The highest BCUT2D eigenvalue weighted by Gasteiger charge is 2.29. The minimum absolute atomic E-state index is 0.142. The van der Waals surface area contributed by atoms with Gasteiger partial charge in [-0.15, -0.1) is 0 Å². The second kappa shape index (κ2) is 7.89. The SMILES string of the molecule is COc1cc(CN2CCN[C@@H](C)C2)cc(I)c1OCC(F)(F)F. The molecule has 0 unspecified atom stereocenters. The maximum absolute atomic E-state index is 12.4. The zero-order valence-corrected chi connectivity index (χ0v) is 15.2. The Morgan fingerprint density at radius 2 is 2.13 bits per heavy atom. The van der Waals surface area contributed by atoms with Crippen molar-refractivity contribution in [1.29, 1.82) is 0 Å². The summed E-state index contributed by atoms with van der Waals surface area (Å²) in [6.07, 6.45) is -4.37. The molecule has 1 saturated heterocycles. The Morgan fingerprint density at radius 1 is 1.39 bits per heavy atom. The number of methoxy groups -OCH3 is 1. The van der Waals surface area contributed by atoms with Crippen molar-refractivity contribution in [1.82, 2.24) is 10.2 Å². The lowest BCUT2D eigenvalue weighted by Crippen LogP contribution is -2.48. The first-order valence-electron chi connectivity index (χ1n) is 7.30. The van der Waals surface area contributed by atoms with Crippen LogP contribution in [0.2, 0.25) is 0 Å². The molecular weight excluding hydrogens is 424 g/mol. The van der Waals surface area contributed by atoms with Crippen molar-refractivity contribution >= 4 is 22.6 Å². The van der Waals surface area contributed by atoms with Gasteiger partial charge >= 0.3 is 6.18 Å². The molecule has 1 heterocycles. The van der Waals surface area contributed by atoms with Gasteiger partial charge in [0.15, 0.2) is 18.1 Å². The molecule has 0 bridgehead atoms. The monoisotopic (exact) mass is 444 g/mol. The molecule has 0 aliphatic carbocycles. The van der Waals surface area contributed by atoms with Gasteiger partial charge in [-0.05, 0) is 47.2 Å². The van der Waals surface area contributed by atoms with Gasteiger partial charge < -0.3 is 14.8 Å². The Balaban J connectivity index is 2.12. The maximum atomic E-state index is 12.4. The Hall–Kier alpha value is -0.740. The molecule has 1 aromatic rings. The predicted octanol–water partition coefficient (Wildman–Crippen LogP) is 3.03. The average Bonchev–Trinajstić information content (AvgIpc) is 2.44. The summed E-state index contributed by atoms with van der Waals surface area (Å²) in [5.74, 6) is 0.474. The Labute approximate surface area is 147 Å². The van der Waals surface area contributed by atoms with E-state index in [0.717, 1.165) is 31.7 Å². The van der Waals surface area contributed by atoms with Crippen molar-refractivity contribution in [3.8, 4) is 11.5 Å². The van der Waals surface area contributed by atoms with E-state index in [2.05, 4.69) is 17.1 Å². The van der Waals surface area contributed by atoms with Gasteiger partial charge in [0, 0.05) is 32.2 Å². The maximum Gasteiger partial charge on any atom is 0.422 e. The third-order valence-electron chi connectivity index (χ3n) is 3.53. The van der Waals surface area contributed by atoms with Crippen LogP contribution in [0.15, 0.2) is 12.1 Å². The molecule has 1 aromatic carbocycles. The van der Waals surface area contributed by atoms with Crippen molar-refractivity contribution in [2.45, 2.75) is 25.7 Å². The minimum Gasteiger partial charge on any atom is -0.493 e. The molecule has 2 rings (SSSR count). The predicted molar refractivity (Wildman–Crippen MR) is 90.0 cm³/mol. The highest BCUT2D eigenvalue weighted by molar-refractivity contribution is 14.1. The van der Waals surface area contributed by atoms with Crippen molar-refractivity contribution in [2.24, 2.45) is 0 Å². The number of rotatable bonds is 5. The summed E-state index contributed by atoms with van der Waals surface area (Å²) >= 11 is 1.98. The van der Waals surface area contributed by atoms with E-state index in [-0.39, 0.29) is 5.75 Å². The number of hydrogen-bond donors (Lipinski definition) is 1. The fourth-order valence-corrected chi connectivity index (χ4v) is 3.39. The van der Waals surface area contributed by atoms with Crippen molar-refractivity contribution in [3.05, 3.63) is 21.3 Å². The van der Waals surface area contributed by atoms with Crippen LogP contribution in [0.4, 0.5) is 13.2 Å². The lowest BCUT2D eigenvalue weighted by atomic mass is 10.1. The summed E-state index contributed by atoms with van der Waals surface area (Å²) in [5.41, 5.74) is 1.000. The van der Waals surface area contributed by atoms with Gasteiger partial charge in [-0.1, -0.05) is 0 Å². The molecule has 1 atom stereocenters. The largest absolute Gasteiger partial charge is 0.493 e. The number of alkyl halides is 3. The number of piperazine rings is 1. The number of hydrogen-bond acceptors (Lipinski definition) is 4. The molecule has 0 radical (unpaired) electrons. The quantitative estimate of drug-likeness (QED) is 0.709. The van der Waals surface area contributed by atoms with Crippen LogP contribution in [-0.2, 0) is 6.54 Å². The van der Waals surface area contributed by atoms with Gasteiger partial charge in [0.25, 0.3) is 0 Å². The van der Waals surface area contributed by atoms with E-state index in [1.54, 1.807) is 6.07 Å². The molecule has 1 N–H and O–H groups in total. The average molecular weight is 444 g/mol. The summed E-state index contributed by atoms with van der Waals surface area (Å²) in [6, 6.07) is 4.03. The van der Waals surface area contributed by atoms with Crippen LogP contribution in [0.5, 0.6) is 11.5 Å². The lowest BCUT2D eigenvalue weighted by molar-refractivity contribution is -0.153. The Kier molecular flexibility index (Phi) is 6.38. The molecule has 1 aliphatic heterocycles. The summed E-state index contributed by atoms with van der Waals surface area (Å²) in [4.78, 5) is 2.31. The molecule has 0 amide bonds. The topological polar surface area (TPSA) is 33.7 Å². The standard InChI is InChI=1S/C15H20F3IN2O2/c1-10-7-21(4-3-20-10)8-11-5-12(19)14(13(6-11)22-2)23-9-15(16,17)18/h5-6,10,20H,3-4,7-9H2,1-2H3/t10-/m0/s1. The molecular formula is C15H20F3IN2O2. The number of halogens is 4. The van der Waals surface area contributed by atoms with Gasteiger partial charge in [0.05, 0.1) is 10.7 Å². The van der Waals surface area contributed by atoms with Crippen LogP contribution in [0, 0.1) is 3.57 Å². The normalized spacial score (nSPS) is 19.7. The van der Waals surface area contributed by atoms with Crippen LogP contribution >= 0.6 is 22.6 Å². The molecule has 1 fully saturated rings. The van der Waals surface area contributed by atoms with Crippen molar-refractivity contribution in [2.75, 3.05) is 33.4 Å². The molecule has 0 saturated carbocycles. The molecule has 4 nitrogen and oxygen atoms in total. The van der Waals surface area contributed by atoms with Crippen LogP contribution in [0.25, 0.3) is 0 Å². The van der Waals surface area contributed by atoms with Crippen LogP contribution < -0.4 is 14.8 Å². The molecule has 130 valence electrons. The van der Waals surface area contributed by atoms with Gasteiger partial charge in [-0.2, -0.15) is 13.2 Å². The number of nitrogens with zero attached hydrogens (tertiary/aromatic N) is 1. The minimum atomic E-state index is -4.37. The first kappa shape index (κ1) is 18.6. The molecule has 23 heavy (non-hydrogen) atoms. The second-order valence-corrected chi connectivity index (χ2v) is 6.77. The van der Waals surface area contributed by atoms with E-state index in [4.69, 9.17) is 9.47 Å². The highest BCUT2D eigenvalue weighted by atomic mass is 127.